The number of aromatic hydroxyl groups is 1. The zero-order valence-corrected chi connectivity index (χ0v) is 16.5. The van der Waals surface area contributed by atoms with E-state index in [1.807, 2.05) is 0 Å². The maximum atomic E-state index is 12.0. The van der Waals surface area contributed by atoms with Crippen LogP contribution < -0.4 is 10.1 Å². The Morgan fingerprint density at radius 1 is 1.11 bits per heavy atom. The third kappa shape index (κ3) is 3.95. The van der Waals surface area contributed by atoms with Crippen LogP contribution in [0.1, 0.15) is 0 Å². The van der Waals surface area contributed by atoms with Crippen LogP contribution in [0.3, 0.4) is 0 Å². The zero-order chi connectivity index (χ0) is 19.7. The van der Waals surface area contributed by atoms with E-state index in [1.54, 1.807) is 54.6 Å². The predicted octanol–water partition coefficient (Wildman–Crippen LogP) is 6.23. The van der Waals surface area contributed by atoms with Gasteiger partial charge >= 0.3 is 6.09 Å². The Labute approximate surface area is 172 Å². The molecule has 0 aliphatic rings. The Morgan fingerprint density at radius 3 is 2.64 bits per heavy atom. The topological polar surface area (TPSA) is 84.6 Å². The van der Waals surface area contributed by atoms with E-state index in [-0.39, 0.29) is 11.6 Å². The van der Waals surface area contributed by atoms with Crippen molar-refractivity contribution in [3.05, 3.63) is 70.2 Å². The number of hydrogen-bond acceptors (Lipinski definition) is 5. The molecule has 8 heteroatoms. The van der Waals surface area contributed by atoms with Crippen molar-refractivity contribution < 1.29 is 19.1 Å². The van der Waals surface area contributed by atoms with E-state index >= 15 is 0 Å². The van der Waals surface area contributed by atoms with Crippen molar-refractivity contribution in [1.29, 1.82) is 0 Å². The SMILES string of the molecule is O=C(Nc1ccc(-c2nc3cc(Cl)ccc3o2)c(O)c1)Oc1ccc(Br)cc1. The van der Waals surface area contributed by atoms with Crippen molar-refractivity contribution in [2.24, 2.45) is 0 Å². The highest BCUT2D eigenvalue weighted by Crippen LogP contribution is 2.33. The number of hydrogen-bond donors (Lipinski definition) is 2. The quantitative estimate of drug-likeness (QED) is 0.379. The van der Waals surface area contributed by atoms with Crippen molar-refractivity contribution in [2.45, 2.75) is 0 Å². The van der Waals surface area contributed by atoms with Crippen LogP contribution in [-0.4, -0.2) is 16.2 Å². The fraction of sp³-hybridized carbons (Fsp3) is 0. The number of fused-ring (bicyclic) bond motifs is 1. The molecule has 0 bridgehead atoms. The molecular weight excluding hydrogens is 448 g/mol. The third-order valence-electron chi connectivity index (χ3n) is 3.85. The van der Waals surface area contributed by atoms with Crippen LogP contribution in [0.2, 0.25) is 5.02 Å². The molecule has 0 saturated carbocycles. The first-order valence-electron chi connectivity index (χ1n) is 8.12. The minimum atomic E-state index is -0.675. The van der Waals surface area contributed by atoms with Gasteiger partial charge in [0.2, 0.25) is 5.89 Å². The van der Waals surface area contributed by atoms with Gasteiger partial charge in [-0.1, -0.05) is 27.5 Å². The lowest BCUT2D eigenvalue weighted by Crippen LogP contribution is -2.16. The first-order valence-corrected chi connectivity index (χ1v) is 9.29. The minimum Gasteiger partial charge on any atom is -0.507 e. The van der Waals surface area contributed by atoms with Crippen LogP contribution >= 0.6 is 27.5 Å². The van der Waals surface area contributed by atoms with Crippen molar-refractivity contribution in [1.82, 2.24) is 4.98 Å². The molecule has 0 saturated heterocycles. The standard InChI is InChI=1S/C20H12BrClN2O4/c21-11-1-5-14(6-2-11)27-20(26)23-13-4-7-15(17(25)10-13)19-24-16-9-12(22)3-8-18(16)28-19/h1-10,25H,(H,23,26). The predicted molar refractivity (Wildman–Crippen MR) is 110 cm³/mol. The molecule has 140 valence electrons. The smallest absolute Gasteiger partial charge is 0.417 e. The summed E-state index contributed by atoms with van der Waals surface area (Å²) >= 11 is 9.27. The van der Waals surface area contributed by atoms with E-state index < -0.39 is 6.09 Å². The van der Waals surface area contributed by atoms with Gasteiger partial charge < -0.3 is 14.3 Å². The van der Waals surface area contributed by atoms with Crippen LogP contribution in [0.25, 0.3) is 22.6 Å². The molecule has 1 aromatic heterocycles. The van der Waals surface area contributed by atoms with Crippen molar-refractivity contribution in [3.63, 3.8) is 0 Å². The Bertz CT molecular complexity index is 1170. The summed E-state index contributed by atoms with van der Waals surface area (Å²) in [5.41, 5.74) is 1.89. The molecule has 1 amide bonds. The number of ether oxygens (including phenoxy) is 1. The normalized spacial score (nSPS) is 10.8. The number of phenolic OH excluding ortho intramolecular Hbond substituents is 1. The van der Waals surface area contributed by atoms with E-state index in [0.29, 0.717) is 33.1 Å². The molecule has 0 atom stereocenters. The molecule has 4 rings (SSSR count). The molecule has 2 N–H and O–H groups in total. The number of halogens is 2. The molecule has 0 fully saturated rings. The molecule has 4 aromatic rings. The van der Waals surface area contributed by atoms with E-state index in [2.05, 4.69) is 26.2 Å². The minimum absolute atomic E-state index is 0.0981. The lowest BCUT2D eigenvalue weighted by atomic mass is 10.2. The number of carbonyl (C=O) groups excluding carboxylic acids is 1. The van der Waals surface area contributed by atoms with Crippen LogP contribution in [-0.2, 0) is 0 Å². The number of carbonyl (C=O) groups is 1. The van der Waals surface area contributed by atoms with Crippen molar-refractivity contribution in [2.75, 3.05) is 5.32 Å². The number of phenols is 1. The number of nitrogens with one attached hydrogen (secondary N) is 1. The summed E-state index contributed by atoms with van der Waals surface area (Å²) in [6, 6.07) is 16.5. The van der Waals surface area contributed by atoms with E-state index in [0.717, 1.165) is 4.47 Å². The Morgan fingerprint density at radius 2 is 1.89 bits per heavy atom. The lowest BCUT2D eigenvalue weighted by Gasteiger charge is -2.08. The van der Waals surface area contributed by atoms with Crippen molar-refractivity contribution >= 4 is 50.4 Å². The molecule has 0 radical (unpaired) electrons. The van der Waals surface area contributed by atoms with Gasteiger partial charge in [0.05, 0.1) is 5.56 Å². The summed E-state index contributed by atoms with van der Waals surface area (Å²) < 4.78 is 11.7. The van der Waals surface area contributed by atoms with Gasteiger partial charge in [0.15, 0.2) is 5.58 Å². The van der Waals surface area contributed by atoms with Crippen LogP contribution in [0, 0.1) is 0 Å². The summed E-state index contributed by atoms with van der Waals surface area (Å²) in [5.74, 6) is 0.546. The highest BCUT2D eigenvalue weighted by molar-refractivity contribution is 9.10. The Kier molecular flexibility index (Phi) is 4.93. The fourth-order valence-electron chi connectivity index (χ4n) is 2.56. The van der Waals surface area contributed by atoms with Gasteiger partial charge in [-0.05, 0) is 54.6 Å². The zero-order valence-electron chi connectivity index (χ0n) is 14.1. The number of rotatable bonds is 3. The van der Waals surface area contributed by atoms with Gasteiger partial charge in [0.25, 0.3) is 0 Å². The number of anilines is 1. The second-order valence-electron chi connectivity index (χ2n) is 5.83. The van der Waals surface area contributed by atoms with E-state index in [9.17, 15) is 9.90 Å². The fourth-order valence-corrected chi connectivity index (χ4v) is 2.99. The summed E-state index contributed by atoms with van der Waals surface area (Å²) in [6.07, 6.45) is -0.675. The number of aromatic nitrogens is 1. The van der Waals surface area contributed by atoms with Gasteiger partial charge in [0, 0.05) is 21.2 Å². The van der Waals surface area contributed by atoms with Gasteiger partial charge in [-0.15, -0.1) is 0 Å². The van der Waals surface area contributed by atoms with Crippen LogP contribution in [0.4, 0.5) is 10.5 Å². The second-order valence-corrected chi connectivity index (χ2v) is 7.18. The molecule has 28 heavy (non-hydrogen) atoms. The maximum absolute atomic E-state index is 12.0. The van der Waals surface area contributed by atoms with E-state index in [4.69, 9.17) is 20.8 Å². The summed E-state index contributed by atoms with van der Waals surface area (Å²) in [5, 5.41) is 13.4. The monoisotopic (exact) mass is 458 g/mol. The first kappa shape index (κ1) is 18.3. The molecule has 3 aromatic carbocycles. The van der Waals surface area contributed by atoms with Gasteiger partial charge in [-0.3, -0.25) is 5.32 Å². The molecule has 0 unspecified atom stereocenters. The number of amides is 1. The van der Waals surface area contributed by atoms with Gasteiger partial charge in [-0.25, -0.2) is 9.78 Å². The lowest BCUT2D eigenvalue weighted by molar-refractivity contribution is 0.215. The van der Waals surface area contributed by atoms with Crippen LogP contribution in [0.5, 0.6) is 11.5 Å². The highest BCUT2D eigenvalue weighted by atomic mass is 79.9. The Hall–Kier alpha value is -3.03. The molecule has 1 heterocycles. The maximum Gasteiger partial charge on any atom is 0.417 e. The molecule has 6 nitrogen and oxygen atoms in total. The number of oxazole rings is 1. The third-order valence-corrected chi connectivity index (χ3v) is 4.61. The average molecular weight is 460 g/mol. The highest BCUT2D eigenvalue weighted by Gasteiger charge is 2.14. The summed E-state index contributed by atoms with van der Waals surface area (Å²) in [7, 11) is 0. The van der Waals surface area contributed by atoms with Crippen molar-refractivity contribution in [3.8, 4) is 23.0 Å². The van der Waals surface area contributed by atoms with Gasteiger partial charge in [0.1, 0.15) is 17.0 Å². The van der Waals surface area contributed by atoms with Gasteiger partial charge in [-0.2, -0.15) is 0 Å². The first-order chi connectivity index (χ1) is 13.5. The Balaban J connectivity index is 1.52. The average Bonchev–Trinajstić information content (AvgIpc) is 3.06. The summed E-state index contributed by atoms with van der Waals surface area (Å²) in [4.78, 5) is 16.3. The molecule has 0 aliphatic carbocycles. The second kappa shape index (κ2) is 7.53. The molecule has 0 aliphatic heterocycles. The number of nitrogens with zero attached hydrogens (tertiary/aromatic N) is 1. The molecular formula is C20H12BrClN2O4. The number of benzene rings is 3. The largest absolute Gasteiger partial charge is 0.507 e. The molecule has 0 spiro atoms. The summed E-state index contributed by atoms with van der Waals surface area (Å²) in [6.45, 7) is 0. The van der Waals surface area contributed by atoms with Crippen LogP contribution in [0.15, 0.2) is 69.6 Å². The van der Waals surface area contributed by atoms with E-state index in [1.165, 1.54) is 6.07 Å².